The number of carbonyl (C=O) groups is 1. The molecule has 0 spiro atoms. The number of H-pyrrole nitrogens is 1. The molecule has 0 amide bonds. The highest BCUT2D eigenvalue weighted by atomic mass is 32.2. The monoisotopic (exact) mass is 262 g/mol. The van der Waals surface area contributed by atoms with Gasteiger partial charge in [0, 0.05) is 6.42 Å². The summed E-state index contributed by atoms with van der Waals surface area (Å²) in [5.41, 5.74) is 0.485. The molecule has 0 saturated heterocycles. The molecule has 2 rings (SSSR count). The van der Waals surface area contributed by atoms with Gasteiger partial charge in [0.05, 0.1) is 16.2 Å². The summed E-state index contributed by atoms with van der Waals surface area (Å²) in [6.07, 6.45) is 0.492. The first kappa shape index (κ1) is 12.8. The molecule has 0 aliphatic heterocycles. The standard InChI is InChI=1S/C13H14N2O2S/c1-3-11(16)8(2)18-13-14-10-7-5-4-6-9(10)12(17)15-13/h4-8H,3H2,1-2H3,(H,14,15,17)/t8-/m1/s1. The Morgan fingerprint density at radius 2 is 2.17 bits per heavy atom. The molecule has 0 radical (unpaired) electrons. The average Bonchev–Trinajstić information content (AvgIpc) is 2.37. The van der Waals surface area contributed by atoms with E-state index in [4.69, 9.17) is 0 Å². The Bertz CT molecular complexity index is 636. The third-order valence-electron chi connectivity index (χ3n) is 2.68. The van der Waals surface area contributed by atoms with Gasteiger partial charge in [0.15, 0.2) is 5.16 Å². The number of para-hydroxylation sites is 1. The fourth-order valence-electron chi connectivity index (χ4n) is 1.64. The Morgan fingerprint density at radius 1 is 1.44 bits per heavy atom. The van der Waals surface area contributed by atoms with Crippen LogP contribution in [0.4, 0.5) is 0 Å². The van der Waals surface area contributed by atoms with Crippen molar-refractivity contribution in [3.8, 4) is 0 Å². The molecule has 1 atom stereocenters. The quantitative estimate of drug-likeness (QED) is 0.678. The maximum absolute atomic E-state index is 11.8. The first-order valence-corrected chi connectivity index (χ1v) is 6.68. The van der Waals surface area contributed by atoms with Crippen LogP contribution in [-0.2, 0) is 4.79 Å². The minimum Gasteiger partial charge on any atom is -0.301 e. The highest BCUT2D eigenvalue weighted by Gasteiger charge is 2.14. The van der Waals surface area contributed by atoms with Crippen molar-refractivity contribution >= 4 is 28.4 Å². The van der Waals surface area contributed by atoms with Crippen LogP contribution in [0.1, 0.15) is 20.3 Å². The number of aromatic amines is 1. The fraction of sp³-hybridized carbons (Fsp3) is 0.308. The summed E-state index contributed by atoms with van der Waals surface area (Å²) in [6, 6.07) is 7.16. The second-order valence-electron chi connectivity index (χ2n) is 3.97. The van der Waals surface area contributed by atoms with Gasteiger partial charge in [-0.1, -0.05) is 30.8 Å². The van der Waals surface area contributed by atoms with E-state index in [9.17, 15) is 9.59 Å². The second kappa shape index (κ2) is 5.35. The van der Waals surface area contributed by atoms with E-state index in [1.807, 2.05) is 19.9 Å². The minimum absolute atomic E-state index is 0.149. The lowest BCUT2D eigenvalue weighted by atomic mass is 10.2. The normalized spacial score (nSPS) is 12.6. The number of carbonyl (C=O) groups excluding carboxylic acids is 1. The Labute approximate surface area is 109 Å². The van der Waals surface area contributed by atoms with Gasteiger partial charge in [0.2, 0.25) is 0 Å². The molecular weight excluding hydrogens is 248 g/mol. The third kappa shape index (κ3) is 2.61. The maximum Gasteiger partial charge on any atom is 0.259 e. The Kier molecular flexibility index (Phi) is 3.81. The zero-order chi connectivity index (χ0) is 13.1. The van der Waals surface area contributed by atoms with Crippen LogP contribution in [0.5, 0.6) is 0 Å². The Morgan fingerprint density at radius 3 is 2.89 bits per heavy atom. The van der Waals surface area contributed by atoms with Crippen LogP contribution in [0.15, 0.2) is 34.2 Å². The van der Waals surface area contributed by atoms with Crippen LogP contribution in [0.3, 0.4) is 0 Å². The number of nitrogens with one attached hydrogen (secondary N) is 1. The van der Waals surface area contributed by atoms with E-state index in [2.05, 4.69) is 9.97 Å². The number of thioether (sulfide) groups is 1. The molecule has 1 aromatic heterocycles. The molecule has 0 bridgehead atoms. The molecule has 0 aliphatic carbocycles. The second-order valence-corrected chi connectivity index (χ2v) is 5.30. The van der Waals surface area contributed by atoms with E-state index < -0.39 is 0 Å². The maximum atomic E-state index is 11.8. The lowest BCUT2D eigenvalue weighted by Gasteiger charge is -2.08. The highest BCUT2D eigenvalue weighted by Crippen LogP contribution is 2.21. The van der Waals surface area contributed by atoms with Gasteiger partial charge in [-0.25, -0.2) is 4.98 Å². The van der Waals surface area contributed by atoms with Crippen LogP contribution in [0, 0.1) is 0 Å². The van der Waals surface area contributed by atoms with E-state index in [0.29, 0.717) is 22.5 Å². The van der Waals surface area contributed by atoms with Gasteiger partial charge >= 0.3 is 0 Å². The summed E-state index contributed by atoms with van der Waals surface area (Å²) in [4.78, 5) is 30.4. The van der Waals surface area contributed by atoms with Crippen molar-refractivity contribution in [2.45, 2.75) is 30.7 Å². The van der Waals surface area contributed by atoms with Gasteiger partial charge in [-0.2, -0.15) is 0 Å². The van der Waals surface area contributed by atoms with Gasteiger partial charge < -0.3 is 4.98 Å². The molecule has 4 nitrogen and oxygen atoms in total. The van der Waals surface area contributed by atoms with Gasteiger partial charge in [0.25, 0.3) is 5.56 Å². The molecule has 94 valence electrons. The number of hydrogen-bond acceptors (Lipinski definition) is 4. The molecule has 5 heteroatoms. The van der Waals surface area contributed by atoms with E-state index in [0.717, 1.165) is 0 Å². The van der Waals surface area contributed by atoms with E-state index in [1.165, 1.54) is 11.8 Å². The molecule has 1 heterocycles. The van der Waals surface area contributed by atoms with Crippen molar-refractivity contribution in [3.05, 3.63) is 34.6 Å². The van der Waals surface area contributed by atoms with Crippen molar-refractivity contribution in [2.75, 3.05) is 0 Å². The zero-order valence-electron chi connectivity index (χ0n) is 10.3. The summed E-state index contributed by atoms with van der Waals surface area (Å²) < 4.78 is 0. The number of nitrogens with zero attached hydrogens (tertiary/aromatic N) is 1. The van der Waals surface area contributed by atoms with E-state index in [1.54, 1.807) is 18.2 Å². The number of aromatic nitrogens is 2. The predicted molar refractivity (Wildman–Crippen MR) is 73.0 cm³/mol. The van der Waals surface area contributed by atoms with E-state index in [-0.39, 0.29) is 16.6 Å². The van der Waals surface area contributed by atoms with Crippen molar-refractivity contribution in [2.24, 2.45) is 0 Å². The molecule has 0 saturated carbocycles. The average molecular weight is 262 g/mol. The number of ketones is 1. The lowest BCUT2D eigenvalue weighted by Crippen LogP contribution is -2.15. The molecule has 18 heavy (non-hydrogen) atoms. The SMILES string of the molecule is CCC(=O)[C@@H](C)Sc1nc2ccccc2c(=O)[nH]1. The van der Waals surface area contributed by atoms with Crippen molar-refractivity contribution in [3.63, 3.8) is 0 Å². The molecule has 1 N–H and O–H groups in total. The molecule has 0 aliphatic rings. The van der Waals surface area contributed by atoms with Crippen LogP contribution < -0.4 is 5.56 Å². The number of rotatable bonds is 4. The minimum atomic E-state index is -0.195. The smallest absolute Gasteiger partial charge is 0.259 e. The van der Waals surface area contributed by atoms with Crippen LogP contribution in [0.2, 0.25) is 0 Å². The fourth-order valence-corrected chi connectivity index (χ4v) is 2.58. The molecule has 0 fully saturated rings. The lowest BCUT2D eigenvalue weighted by molar-refractivity contribution is -0.118. The molecule has 2 aromatic rings. The summed E-state index contributed by atoms with van der Waals surface area (Å²) in [7, 11) is 0. The summed E-state index contributed by atoms with van der Waals surface area (Å²) >= 11 is 1.29. The Balaban J connectivity index is 2.35. The summed E-state index contributed by atoms with van der Waals surface area (Å²) in [5, 5.41) is 0.864. The molecule has 1 aromatic carbocycles. The number of Topliss-reactive ketones (excluding diaryl/α,β-unsaturated/α-hetero) is 1. The van der Waals surface area contributed by atoms with Gasteiger partial charge in [-0.3, -0.25) is 9.59 Å². The van der Waals surface area contributed by atoms with Gasteiger partial charge in [0.1, 0.15) is 5.78 Å². The molecular formula is C13H14N2O2S. The van der Waals surface area contributed by atoms with Crippen molar-refractivity contribution in [1.82, 2.24) is 9.97 Å². The first-order valence-electron chi connectivity index (χ1n) is 5.80. The predicted octanol–water partition coefficient (Wildman–Crippen LogP) is 2.38. The number of hydrogen-bond donors (Lipinski definition) is 1. The number of benzene rings is 1. The van der Waals surface area contributed by atoms with Crippen LogP contribution in [-0.4, -0.2) is 21.0 Å². The topological polar surface area (TPSA) is 62.8 Å². The highest BCUT2D eigenvalue weighted by molar-refractivity contribution is 8.00. The summed E-state index contributed by atoms with van der Waals surface area (Å²) in [5.74, 6) is 0.149. The zero-order valence-corrected chi connectivity index (χ0v) is 11.1. The first-order chi connectivity index (χ1) is 8.61. The summed E-state index contributed by atoms with van der Waals surface area (Å²) in [6.45, 7) is 3.65. The number of fused-ring (bicyclic) bond motifs is 1. The third-order valence-corrected chi connectivity index (χ3v) is 3.71. The van der Waals surface area contributed by atoms with Crippen LogP contribution >= 0.6 is 11.8 Å². The van der Waals surface area contributed by atoms with E-state index >= 15 is 0 Å². The van der Waals surface area contributed by atoms with Crippen molar-refractivity contribution in [1.29, 1.82) is 0 Å². The van der Waals surface area contributed by atoms with Gasteiger partial charge in [-0.15, -0.1) is 0 Å². The molecule has 0 unspecified atom stereocenters. The van der Waals surface area contributed by atoms with Crippen LogP contribution in [0.25, 0.3) is 10.9 Å². The Hall–Kier alpha value is -1.62. The largest absolute Gasteiger partial charge is 0.301 e. The van der Waals surface area contributed by atoms with Gasteiger partial charge in [-0.05, 0) is 19.1 Å². The van der Waals surface area contributed by atoms with Crippen molar-refractivity contribution < 1.29 is 4.79 Å².